The van der Waals surface area contributed by atoms with E-state index in [2.05, 4.69) is 10.3 Å². The number of carbonyl (C=O) groups is 1. The summed E-state index contributed by atoms with van der Waals surface area (Å²) < 4.78 is 45.1. The first-order valence-corrected chi connectivity index (χ1v) is 10.9. The van der Waals surface area contributed by atoms with E-state index in [9.17, 15) is 23.1 Å². The highest BCUT2D eigenvalue weighted by Gasteiger charge is 2.33. The quantitative estimate of drug-likeness (QED) is 0.561. The van der Waals surface area contributed by atoms with E-state index in [4.69, 9.17) is 9.72 Å². The molecule has 4 rings (SSSR count). The molecule has 1 saturated heterocycles. The number of rotatable bonds is 4. The van der Waals surface area contributed by atoms with Crippen LogP contribution in [0.1, 0.15) is 59.4 Å². The average molecular weight is 465 g/mol. The number of fused-ring (bicyclic) bond motifs is 1. The normalized spacial score (nSPS) is 15.8. The number of ether oxygens (including phenoxy) is 1. The van der Waals surface area contributed by atoms with Gasteiger partial charge in [-0.15, -0.1) is 11.3 Å². The van der Waals surface area contributed by atoms with Gasteiger partial charge in [-0.25, -0.2) is 9.97 Å². The number of alkyl halides is 3. The molecule has 0 spiro atoms. The van der Waals surface area contributed by atoms with Crippen LogP contribution in [0.25, 0.3) is 10.2 Å². The monoisotopic (exact) mass is 465 g/mol. The summed E-state index contributed by atoms with van der Waals surface area (Å²) in [5, 5.41) is 14.3. The molecule has 1 aromatic carbocycles. The smallest absolute Gasteiger partial charge is 0.386 e. The molecule has 10 heteroatoms. The second-order valence-electron chi connectivity index (χ2n) is 8.22. The lowest BCUT2D eigenvalue weighted by Gasteiger charge is -2.22. The molecule has 1 amide bonds. The molecule has 0 radical (unpaired) electrons. The molecule has 1 fully saturated rings. The number of anilines is 1. The van der Waals surface area contributed by atoms with Crippen molar-refractivity contribution in [2.24, 2.45) is 0 Å². The number of halogens is 3. The van der Waals surface area contributed by atoms with Crippen LogP contribution in [0.15, 0.2) is 30.3 Å². The number of aliphatic hydroxyl groups is 1. The van der Waals surface area contributed by atoms with Crippen LogP contribution in [0.3, 0.4) is 0 Å². The van der Waals surface area contributed by atoms with Crippen molar-refractivity contribution in [1.29, 1.82) is 0 Å². The summed E-state index contributed by atoms with van der Waals surface area (Å²) in [5.74, 6) is -0.505. The zero-order valence-electron chi connectivity index (χ0n) is 17.5. The van der Waals surface area contributed by atoms with Gasteiger partial charge in [0.05, 0.1) is 20.8 Å². The maximum Gasteiger partial charge on any atom is 0.433 e. The van der Waals surface area contributed by atoms with Crippen molar-refractivity contribution in [3.63, 3.8) is 0 Å². The summed E-state index contributed by atoms with van der Waals surface area (Å²) in [6.07, 6.45) is -2.90. The van der Waals surface area contributed by atoms with Gasteiger partial charge in [0.25, 0.3) is 5.91 Å². The van der Waals surface area contributed by atoms with Gasteiger partial charge in [0.15, 0.2) is 0 Å². The van der Waals surface area contributed by atoms with Gasteiger partial charge < -0.3 is 15.2 Å². The van der Waals surface area contributed by atoms with Gasteiger partial charge in [0, 0.05) is 30.4 Å². The van der Waals surface area contributed by atoms with Crippen LogP contribution < -0.4 is 5.32 Å². The number of carbonyl (C=O) groups excluding carboxylic acids is 1. The lowest BCUT2D eigenvalue weighted by molar-refractivity contribution is -0.141. The highest BCUT2D eigenvalue weighted by Crippen LogP contribution is 2.38. The molecule has 170 valence electrons. The number of benzene rings is 1. The predicted molar refractivity (Wildman–Crippen MR) is 115 cm³/mol. The van der Waals surface area contributed by atoms with Gasteiger partial charge in [-0.3, -0.25) is 4.79 Å². The topological polar surface area (TPSA) is 84.3 Å². The fraction of sp³-hybridized carbons (Fsp3) is 0.409. The van der Waals surface area contributed by atoms with Crippen LogP contribution in [-0.2, 0) is 16.5 Å². The van der Waals surface area contributed by atoms with Crippen molar-refractivity contribution >= 4 is 33.1 Å². The highest BCUT2D eigenvalue weighted by atomic mass is 32.1. The van der Waals surface area contributed by atoms with Crippen molar-refractivity contribution in [2.45, 2.75) is 44.4 Å². The van der Waals surface area contributed by atoms with Gasteiger partial charge in [0.2, 0.25) is 0 Å². The number of nitrogens with zero attached hydrogens (tertiary/aromatic N) is 2. The summed E-state index contributed by atoms with van der Waals surface area (Å²) in [7, 11) is 0. The van der Waals surface area contributed by atoms with Crippen LogP contribution in [0, 0.1) is 0 Å². The first kappa shape index (κ1) is 22.6. The molecule has 6 nitrogen and oxygen atoms in total. The number of pyridine rings is 1. The summed E-state index contributed by atoms with van der Waals surface area (Å²) in [4.78, 5) is 20.9. The van der Waals surface area contributed by atoms with Crippen LogP contribution in [0.4, 0.5) is 18.9 Å². The number of aromatic nitrogens is 2. The number of amides is 1. The van der Waals surface area contributed by atoms with Crippen LogP contribution in [-0.4, -0.2) is 34.2 Å². The maximum absolute atomic E-state index is 13.0. The minimum absolute atomic E-state index is 0.291. The molecule has 3 aromatic rings. The standard InChI is InChI=1S/C22H22F3N3O3S/c1-21(2,30)13-10-16-17(32-20(28-16)12-6-8-31-9-7-12)11-15(13)27-19(29)14-4-3-5-18(26-14)22(23,24)25/h3-5,10-12,30H,6-9H2,1-2H3,(H,27,29). The number of thiazole rings is 1. The fourth-order valence-corrected chi connectivity index (χ4v) is 4.78. The van der Waals surface area contributed by atoms with E-state index in [-0.39, 0.29) is 5.69 Å². The largest absolute Gasteiger partial charge is 0.433 e. The molecule has 32 heavy (non-hydrogen) atoms. The first-order valence-electron chi connectivity index (χ1n) is 10.1. The molecule has 0 unspecified atom stereocenters. The zero-order valence-corrected chi connectivity index (χ0v) is 18.3. The Bertz CT molecular complexity index is 1150. The lowest BCUT2D eigenvalue weighted by Crippen LogP contribution is -2.22. The van der Waals surface area contributed by atoms with Gasteiger partial charge in [0.1, 0.15) is 11.4 Å². The Morgan fingerprint density at radius 2 is 1.91 bits per heavy atom. The van der Waals surface area contributed by atoms with Crippen molar-refractivity contribution < 1.29 is 27.8 Å². The summed E-state index contributed by atoms with van der Waals surface area (Å²) in [6, 6.07) is 6.57. The van der Waals surface area contributed by atoms with E-state index < -0.39 is 23.4 Å². The van der Waals surface area contributed by atoms with Gasteiger partial charge in [-0.05, 0) is 51.0 Å². The average Bonchev–Trinajstić information content (AvgIpc) is 3.16. The van der Waals surface area contributed by atoms with E-state index in [1.807, 2.05) is 0 Å². The Balaban J connectivity index is 1.69. The van der Waals surface area contributed by atoms with Gasteiger partial charge in [-0.2, -0.15) is 13.2 Å². The van der Waals surface area contributed by atoms with E-state index in [1.165, 1.54) is 17.4 Å². The maximum atomic E-state index is 13.0. The fourth-order valence-electron chi connectivity index (χ4n) is 3.63. The van der Waals surface area contributed by atoms with Crippen LogP contribution >= 0.6 is 11.3 Å². The minimum atomic E-state index is -4.66. The second-order valence-corrected chi connectivity index (χ2v) is 9.29. The molecule has 0 atom stereocenters. The SMILES string of the molecule is CC(C)(O)c1cc2nc(C3CCOCC3)sc2cc1NC(=O)c1cccc(C(F)(F)F)n1. The van der Waals surface area contributed by atoms with Crippen LogP contribution in [0.2, 0.25) is 0 Å². The Hall–Kier alpha value is -2.56. The first-order chi connectivity index (χ1) is 15.0. The Morgan fingerprint density at radius 3 is 2.56 bits per heavy atom. The molecule has 1 aliphatic heterocycles. The van der Waals surface area contributed by atoms with E-state index in [0.717, 1.165) is 34.7 Å². The molecule has 1 aliphatic rings. The highest BCUT2D eigenvalue weighted by molar-refractivity contribution is 7.18. The number of nitrogens with one attached hydrogen (secondary N) is 1. The van der Waals surface area contributed by atoms with Crippen molar-refractivity contribution in [3.05, 3.63) is 52.3 Å². The third-order valence-corrected chi connectivity index (χ3v) is 6.47. The molecule has 2 N–H and O–H groups in total. The molecule has 0 saturated carbocycles. The van der Waals surface area contributed by atoms with Crippen LogP contribution in [0.5, 0.6) is 0 Å². The Morgan fingerprint density at radius 1 is 1.19 bits per heavy atom. The molecular formula is C22H22F3N3O3S. The van der Waals surface area contributed by atoms with Gasteiger partial charge in [-0.1, -0.05) is 6.07 Å². The van der Waals surface area contributed by atoms with Crippen molar-refractivity contribution in [3.8, 4) is 0 Å². The minimum Gasteiger partial charge on any atom is -0.386 e. The summed E-state index contributed by atoms with van der Waals surface area (Å²) in [5.41, 5.74) is -1.42. The van der Waals surface area contributed by atoms with Crippen molar-refractivity contribution in [2.75, 3.05) is 18.5 Å². The van der Waals surface area contributed by atoms with E-state index >= 15 is 0 Å². The van der Waals surface area contributed by atoms with E-state index in [0.29, 0.717) is 35.9 Å². The molecule has 0 bridgehead atoms. The lowest BCUT2D eigenvalue weighted by atomic mass is 9.96. The molecular weight excluding hydrogens is 443 g/mol. The van der Waals surface area contributed by atoms with Crippen molar-refractivity contribution in [1.82, 2.24) is 9.97 Å². The zero-order chi connectivity index (χ0) is 23.1. The Kier molecular flexibility index (Phi) is 5.95. The third-order valence-electron chi connectivity index (χ3n) is 5.29. The number of hydrogen-bond donors (Lipinski definition) is 2. The molecule has 3 heterocycles. The number of hydrogen-bond acceptors (Lipinski definition) is 6. The molecule has 2 aromatic heterocycles. The molecule has 0 aliphatic carbocycles. The van der Waals surface area contributed by atoms with Gasteiger partial charge >= 0.3 is 6.18 Å². The van der Waals surface area contributed by atoms with E-state index in [1.54, 1.807) is 26.0 Å². The Labute approximate surface area is 186 Å². The third kappa shape index (κ3) is 4.77. The summed E-state index contributed by atoms with van der Waals surface area (Å²) in [6.45, 7) is 4.50. The summed E-state index contributed by atoms with van der Waals surface area (Å²) >= 11 is 1.50. The predicted octanol–water partition coefficient (Wildman–Crippen LogP) is 5.08. The second kappa shape index (κ2) is 8.42.